The molecule has 0 radical (unpaired) electrons. The van der Waals surface area contributed by atoms with Gasteiger partial charge in [0.1, 0.15) is 5.75 Å². The van der Waals surface area contributed by atoms with E-state index in [4.69, 9.17) is 19.7 Å². The zero-order valence-electron chi connectivity index (χ0n) is 11.0. The Morgan fingerprint density at radius 3 is 2.68 bits per heavy atom. The maximum absolute atomic E-state index is 11.2. The van der Waals surface area contributed by atoms with Crippen LogP contribution in [0.2, 0.25) is 0 Å². The van der Waals surface area contributed by atoms with Gasteiger partial charge in [0.25, 0.3) is 0 Å². The average Bonchev–Trinajstić information content (AvgIpc) is 2.38. The van der Waals surface area contributed by atoms with Gasteiger partial charge in [-0.3, -0.25) is 0 Å². The lowest BCUT2D eigenvalue weighted by molar-refractivity contribution is 0.0697. The number of hydrogen-bond donors (Lipinski definition) is 3. The molecule has 0 fully saturated rings. The van der Waals surface area contributed by atoms with Crippen molar-refractivity contribution >= 4 is 11.7 Å². The molecule has 0 aliphatic carbocycles. The molecule has 0 saturated carbocycles. The summed E-state index contributed by atoms with van der Waals surface area (Å²) in [7, 11) is 3.07. The van der Waals surface area contributed by atoms with Crippen LogP contribution in [0.4, 0.5) is 5.69 Å². The molecule has 1 rings (SSSR count). The van der Waals surface area contributed by atoms with E-state index in [0.29, 0.717) is 24.5 Å². The second kappa shape index (κ2) is 7.60. The number of ether oxygens (including phenoxy) is 2. The Labute approximate surface area is 112 Å². The minimum Gasteiger partial charge on any atom is -0.497 e. The predicted octanol–water partition coefficient (Wildman–Crippen LogP) is 1.20. The third kappa shape index (κ3) is 4.42. The summed E-state index contributed by atoms with van der Waals surface area (Å²) in [6.45, 7) is 0.365. The fourth-order valence-corrected chi connectivity index (χ4v) is 1.73. The van der Waals surface area contributed by atoms with Crippen molar-refractivity contribution < 1.29 is 24.5 Å². The highest BCUT2D eigenvalue weighted by Gasteiger charge is 2.15. The van der Waals surface area contributed by atoms with Gasteiger partial charge >= 0.3 is 5.97 Å². The number of aliphatic hydroxyl groups is 1. The Balaban J connectivity index is 2.97. The lowest BCUT2D eigenvalue weighted by Gasteiger charge is -2.20. The average molecular weight is 269 g/mol. The SMILES string of the molecule is COCC(CCO)Nc1cc(OC)ccc1C(=O)O. The number of rotatable bonds is 8. The topological polar surface area (TPSA) is 88.0 Å². The number of hydrogen-bond acceptors (Lipinski definition) is 5. The fourth-order valence-electron chi connectivity index (χ4n) is 1.73. The van der Waals surface area contributed by atoms with Crippen LogP contribution in [0, 0.1) is 0 Å². The first-order valence-corrected chi connectivity index (χ1v) is 5.90. The number of carbonyl (C=O) groups is 1. The monoisotopic (exact) mass is 269 g/mol. The second-order valence-corrected chi connectivity index (χ2v) is 4.03. The van der Waals surface area contributed by atoms with Gasteiger partial charge in [0, 0.05) is 19.8 Å². The molecule has 0 spiro atoms. The molecule has 106 valence electrons. The highest BCUT2D eigenvalue weighted by atomic mass is 16.5. The molecule has 1 aromatic carbocycles. The van der Waals surface area contributed by atoms with Gasteiger partial charge in [-0.1, -0.05) is 0 Å². The molecular weight excluding hydrogens is 250 g/mol. The number of carboxylic acid groups (broad SMARTS) is 1. The summed E-state index contributed by atoms with van der Waals surface area (Å²) in [4.78, 5) is 11.2. The summed E-state index contributed by atoms with van der Waals surface area (Å²) in [6.07, 6.45) is 0.462. The summed E-state index contributed by atoms with van der Waals surface area (Å²) >= 11 is 0. The van der Waals surface area contributed by atoms with Crippen molar-refractivity contribution in [3.8, 4) is 5.75 Å². The first kappa shape index (κ1) is 15.3. The Morgan fingerprint density at radius 2 is 2.16 bits per heavy atom. The smallest absolute Gasteiger partial charge is 0.337 e. The first-order chi connectivity index (χ1) is 9.12. The van der Waals surface area contributed by atoms with E-state index in [9.17, 15) is 4.79 Å². The van der Waals surface area contributed by atoms with Crippen LogP contribution >= 0.6 is 0 Å². The van der Waals surface area contributed by atoms with Gasteiger partial charge in [-0.05, 0) is 18.6 Å². The number of nitrogens with one attached hydrogen (secondary N) is 1. The van der Waals surface area contributed by atoms with Crippen molar-refractivity contribution in [2.24, 2.45) is 0 Å². The van der Waals surface area contributed by atoms with Crippen LogP contribution < -0.4 is 10.1 Å². The molecule has 0 aliphatic heterocycles. The molecule has 1 atom stereocenters. The lowest BCUT2D eigenvalue weighted by atomic mass is 10.1. The molecule has 1 unspecified atom stereocenters. The van der Waals surface area contributed by atoms with Crippen LogP contribution in [0.5, 0.6) is 5.75 Å². The quantitative estimate of drug-likeness (QED) is 0.657. The van der Waals surface area contributed by atoms with Gasteiger partial charge in [0.15, 0.2) is 0 Å². The fraction of sp³-hybridized carbons (Fsp3) is 0.462. The predicted molar refractivity (Wildman–Crippen MR) is 70.9 cm³/mol. The first-order valence-electron chi connectivity index (χ1n) is 5.90. The van der Waals surface area contributed by atoms with Gasteiger partial charge in [-0.25, -0.2) is 4.79 Å². The minimum atomic E-state index is -1.02. The van der Waals surface area contributed by atoms with Gasteiger partial charge in [0.05, 0.1) is 31.0 Å². The Morgan fingerprint density at radius 1 is 1.42 bits per heavy atom. The van der Waals surface area contributed by atoms with E-state index in [0.717, 1.165) is 0 Å². The van der Waals surface area contributed by atoms with Gasteiger partial charge in [0.2, 0.25) is 0 Å². The number of anilines is 1. The number of aromatic carboxylic acids is 1. The number of benzene rings is 1. The molecular formula is C13H19NO5. The van der Waals surface area contributed by atoms with Crippen LogP contribution in [-0.2, 0) is 4.74 Å². The molecule has 19 heavy (non-hydrogen) atoms. The number of methoxy groups -OCH3 is 2. The Kier molecular flexibility index (Phi) is 6.11. The van der Waals surface area contributed by atoms with E-state index in [-0.39, 0.29) is 18.2 Å². The minimum absolute atomic E-state index is 0.00655. The summed E-state index contributed by atoms with van der Waals surface area (Å²) < 4.78 is 10.1. The molecule has 0 saturated heterocycles. The van der Waals surface area contributed by atoms with Crippen molar-refractivity contribution in [2.45, 2.75) is 12.5 Å². The third-order valence-electron chi connectivity index (χ3n) is 2.66. The molecule has 1 aromatic rings. The van der Waals surface area contributed by atoms with Crippen molar-refractivity contribution in [3.63, 3.8) is 0 Å². The zero-order chi connectivity index (χ0) is 14.3. The molecule has 6 nitrogen and oxygen atoms in total. The molecule has 0 aliphatic rings. The number of carboxylic acids is 1. The van der Waals surface area contributed by atoms with Crippen LogP contribution in [-0.4, -0.2) is 49.7 Å². The maximum atomic E-state index is 11.2. The highest BCUT2D eigenvalue weighted by molar-refractivity contribution is 5.94. The normalized spacial score (nSPS) is 11.9. The summed E-state index contributed by atoms with van der Waals surface area (Å²) in [5.41, 5.74) is 0.599. The van der Waals surface area contributed by atoms with Crippen molar-refractivity contribution in [1.82, 2.24) is 0 Å². The second-order valence-electron chi connectivity index (χ2n) is 4.03. The molecule has 3 N–H and O–H groups in total. The molecule has 6 heteroatoms. The van der Waals surface area contributed by atoms with Crippen molar-refractivity contribution in [2.75, 3.05) is 32.8 Å². The van der Waals surface area contributed by atoms with Crippen LogP contribution in [0.25, 0.3) is 0 Å². The highest BCUT2D eigenvalue weighted by Crippen LogP contribution is 2.23. The molecule has 0 heterocycles. The zero-order valence-corrected chi connectivity index (χ0v) is 11.0. The molecule has 0 bridgehead atoms. The van der Waals surface area contributed by atoms with Gasteiger partial charge < -0.3 is 25.0 Å². The Hall–Kier alpha value is -1.79. The van der Waals surface area contributed by atoms with Crippen LogP contribution in [0.1, 0.15) is 16.8 Å². The van der Waals surface area contributed by atoms with E-state index in [1.165, 1.54) is 13.2 Å². The van der Waals surface area contributed by atoms with E-state index < -0.39 is 5.97 Å². The van der Waals surface area contributed by atoms with Crippen LogP contribution in [0.3, 0.4) is 0 Å². The summed E-state index contributed by atoms with van der Waals surface area (Å²) in [5.74, 6) is -0.460. The van der Waals surface area contributed by atoms with Crippen molar-refractivity contribution in [3.05, 3.63) is 23.8 Å². The summed E-state index contributed by atoms with van der Waals surface area (Å²) in [5, 5.41) is 21.2. The van der Waals surface area contributed by atoms with Crippen molar-refractivity contribution in [1.29, 1.82) is 0 Å². The van der Waals surface area contributed by atoms with E-state index >= 15 is 0 Å². The van der Waals surface area contributed by atoms with E-state index in [1.54, 1.807) is 19.2 Å². The molecule has 0 aromatic heterocycles. The third-order valence-corrected chi connectivity index (χ3v) is 2.66. The van der Waals surface area contributed by atoms with Crippen LogP contribution in [0.15, 0.2) is 18.2 Å². The van der Waals surface area contributed by atoms with Gasteiger partial charge in [-0.15, -0.1) is 0 Å². The summed E-state index contributed by atoms with van der Waals surface area (Å²) in [6, 6.07) is 4.52. The van der Waals surface area contributed by atoms with E-state index in [1.807, 2.05) is 0 Å². The Bertz CT molecular complexity index is 415. The lowest BCUT2D eigenvalue weighted by Crippen LogP contribution is -2.27. The van der Waals surface area contributed by atoms with E-state index in [2.05, 4.69) is 5.32 Å². The molecule has 0 amide bonds. The number of aliphatic hydroxyl groups excluding tert-OH is 1. The van der Waals surface area contributed by atoms with Gasteiger partial charge in [-0.2, -0.15) is 0 Å². The maximum Gasteiger partial charge on any atom is 0.337 e. The standard InChI is InChI=1S/C13H19NO5/c1-18-8-9(5-6-15)14-12-7-10(19-2)3-4-11(12)13(16)17/h3-4,7,9,14-15H,5-6,8H2,1-2H3,(H,16,17). The largest absolute Gasteiger partial charge is 0.497 e.